The lowest BCUT2D eigenvalue weighted by atomic mass is 9.99. The molecule has 0 unspecified atom stereocenters. The fraction of sp³-hybridized carbons (Fsp3) is 0. The Balaban J connectivity index is 0.944. The molecule has 76 heavy (non-hydrogen) atoms. The van der Waals surface area contributed by atoms with E-state index in [2.05, 4.69) is 274 Å². The molecule has 0 atom stereocenters. The van der Waals surface area contributed by atoms with Crippen LogP contribution in [-0.4, -0.2) is 9.13 Å². The molecule has 0 fully saturated rings. The van der Waals surface area contributed by atoms with E-state index in [1.54, 1.807) is 0 Å². The number of para-hydroxylation sites is 8. The van der Waals surface area contributed by atoms with Crippen LogP contribution in [0.1, 0.15) is 0 Å². The Labute approximate surface area is 436 Å². The summed E-state index contributed by atoms with van der Waals surface area (Å²) < 4.78 is 18.3. The lowest BCUT2D eigenvalue weighted by Crippen LogP contribution is -2.10. The largest absolute Gasteiger partial charge is 0.454 e. The Hall–Kier alpha value is -10.3. The summed E-state index contributed by atoms with van der Waals surface area (Å²) in [5.74, 6) is 0. The van der Waals surface area contributed by atoms with Gasteiger partial charge in [-0.05, 0) is 120 Å². The van der Waals surface area contributed by atoms with Gasteiger partial charge in [0.05, 0.1) is 33.4 Å². The van der Waals surface area contributed by atoms with Gasteiger partial charge in [-0.1, -0.05) is 158 Å². The molecule has 356 valence electrons. The van der Waals surface area contributed by atoms with Crippen molar-refractivity contribution in [1.29, 1.82) is 0 Å². The lowest BCUT2D eigenvalue weighted by molar-refractivity contribution is 0.668. The van der Waals surface area contributed by atoms with Gasteiger partial charge in [-0.15, -0.1) is 0 Å². The number of fused-ring (bicyclic) bond motifs is 15. The molecule has 0 saturated carbocycles. The SMILES string of the molecule is c1ccc(N(c2ccc3c4c5ccc6c(c5ccc4n(-c4ccccc4)c3c2)c2ccc(N(c3ccccc3)c3cccc4c3oc3ccccc34)cc2n6-c2ccccc2)c2cccc3c2oc2ccccc23)cc1. The van der Waals surface area contributed by atoms with Crippen LogP contribution in [0.4, 0.5) is 34.1 Å². The molecule has 0 N–H and O–H groups in total. The first-order valence-corrected chi connectivity index (χ1v) is 25.8. The van der Waals surface area contributed by atoms with Gasteiger partial charge < -0.3 is 27.8 Å². The van der Waals surface area contributed by atoms with Gasteiger partial charge >= 0.3 is 0 Å². The molecule has 4 heterocycles. The molecule has 0 spiro atoms. The van der Waals surface area contributed by atoms with E-state index in [-0.39, 0.29) is 0 Å². The minimum atomic E-state index is 0.851. The molecule has 0 bridgehead atoms. The second kappa shape index (κ2) is 16.6. The third-order valence-corrected chi connectivity index (χ3v) is 15.4. The number of rotatable bonds is 8. The fourth-order valence-corrected chi connectivity index (χ4v) is 12.2. The summed E-state index contributed by atoms with van der Waals surface area (Å²) in [5, 5.41) is 11.5. The summed E-state index contributed by atoms with van der Waals surface area (Å²) >= 11 is 0. The van der Waals surface area contributed by atoms with Gasteiger partial charge in [0.2, 0.25) is 0 Å². The van der Waals surface area contributed by atoms with Crippen molar-refractivity contribution in [2.45, 2.75) is 0 Å². The average molecular weight is 973 g/mol. The van der Waals surface area contributed by atoms with E-state index in [9.17, 15) is 0 Å². The Morgan fingerprint density at radius 3 is 1.05 bits per heavy atom. The van der Waals surface area contributed by atoms with Gasteiger partial charge in [-0.25, -0.2) is 0 Å². The number of furan rings is 2. The van der Waals surface area contributed by atoms with Crippen LogP contribution in [-0.2, 0) is 0 Å². The first-order chi connectivity index (χ1) is 37.7. The summed E-state index contributed by atoms with van der Waals surface area (Å²) in [6.45, 7) is 0. The van der Waals surface area contributed by atoms with E-state index in [0.717, 1.165) is 111 Å². The Bertz CT molecular complexity index is 4620. The number of hydrogen-bond acceptors (Lipinski definition) is 4. The quantitative estimate of drug-likeness (QED) is 0.152. The molecule has 0 aliphatic carbocycles. The van der Waals surface area contributed by atoms with E-state index in [1.165, 1.54) is 32.3 Å². The summed E-state index contributed by atoms with van der Waals surface area (Å²) in [6, 6.07) is 95.6. The first kappa shape index (κ1) is 42.2. The fourth-order valence-electron chi connectivity index (χ4n) is 12.2. The molecule has 0 radical (unpaired) electrons. The molecule has 16 aromatic rings. The first-order valence-electron chi connectivity index (χ1n) is 25.8. The van der Waals surface area contributed by atoms with E-state index in [0.29, 0.717) is 0 Å². The summed E-state index contributed by atoms with van der Waals surface area (Å²) in [4.78, 5) is 4.67. The van der Waals surface area contributed by atoms with Crippen molar-refractivity contribution in [1.82, 2.24) is 9.13 Å². The van der Waals surface area contributed by atoms with Crippen LogP contribution in [0.5, 0.6) is 0 Å². The molecular weight excluding hydrogens is 929 g/mol. The number of aromatic nitrogens is 2. The Morgan fingerprint density at radius 2 is 0.618 bits per heavy atom. The predicted octanol–water partition coefficient (Wildman–Crippen LogP) is 19.8. The normalized spacial score (nSPS) is 11.9. The third-order valence-electron chi connectivity index (χ3n) is 15.4. The van der Waals surface area contributed by atoms with Crippen molar-refractivity contribution in [3.05, 3.63) is 267 Å². The van der Waals surface area contributed by atoms with Crippen LogP contribution < -0.4 is 9.80 Å². The monoisotopic (exact) mass is 972 g/mol. The number of hydrogen-bond donors (Lipinski definition) is 0. The van der Waals surface area contributed by atoms with Crippen LogP contribution >= 0.6 is 0 Å². The average Bonchev–Trinajstić information content (AvgIpc) is 4.25. The molecule has 4 aromatic heterocycles. The standard InChI is InChI=1S/C70H44N4O2/c1-5-19-45(20-6-1)71(61-31-17-29-55-51-27-13-15-33-65(51)75-69(55)61)49-35-37-57-63(43-49)73(47-23-9-3-10-24-47)59-41-39-54-53(67(57)59)40-42-60-68(54)58-38-36-50(44-64(58)74(60)48-25-11-4-12-26-48)72(46-21-7-2-8-22-46)62-32-18-30-56-52-28-14-16-34-66(52)76-70(56)62/h1-44H. The summed E-state index contributed by atoms with van der Waals surface area (Å²) in [5.41, 5.74) is 16.2. The third kappa shape index (κ3) is 6.28. The van der Waals surface area contributed by atoms with Gasteiger partial charge in [0.25, 0.3) is 0 Å². The van der Waals surface area contributed by atoms with Crippen molar-refractivity contribution >= 4 is 132 Å². The topological polar surface area (TPSA) is 42.6 Å². The maximum absolute atomic E-state index is 6.71. The Kier molecular flexibility index (Phi) is 9.23. The maximum Gasteiger partial charge on any atom is 0.159 e. The molecule has 0 aliphatic heterocycles. The maximum atomic E-state index is 6.71. The molecule has 12 aromatic carbocycles. The number of anilines is 6. The van der Waals surface area contributed by atoms with Crippen LogP contribution in [0.25, 0.3) is 110 Å². The second-order valence-corrected chi connectivity index (χ2v) is 19.6. The lowest BCUT2D eigenvalue weighted by Gasteiger charge is -2.25. The zero-order valence-electron chi connectivity index (χ0n) is 41.0. The molecule has 16 rings (SSSR count). The van der Waals surface area contributed by atoms with Crippen molar-refractivity contribution in [3.63, 3.8) is 0 Å². The van der Waals surface area contributed by atoms with Gasteiger partial charge in [-0.2, -0.15) is 0 Å². The Morgan fingerprint density at radius 1 is 0.250 bits per heavy atom. The van der Waals surface area contributed by atoms with Crippen molar-refractivity contribution in [2.75, 3.05) is 9.80 Å². The molecule has 0 saturated heterocycles. The van der Waals surface area contributed by atoms with E-state index < -0.39 is 0 Å². The van der Waals surface area contributed by atoms with Gasteiger partial charge in [0.15, 0.2) is 11.2 Å². The van der Waals surface area contributed by atoms with Crippen molar-refractivity contribution < 1.29 is 8.83 Å². The number of benzene rings is 12. The summed E-state index contributed by atoms with van der Waals surface area (Å²) in [6.07, 6.45) is 0. The minimum absolute atomic E-state index is 0.851. The van der Waals surface area contributed by atoms with E-state index in [1.807, 2.05) is 12.1 Å². The van der Waals surface area contributed by atoms with Crippen molar-refractivity contribution in [2.24, 2.45) is 0 Å². The second-order valence-electron chi connectivity index (χ2n) is 19.6. The molecule has 6 heteroatoms. The molecule has 0 aliphatic rings. The van der Waals surface area contributed by atoms with Crippen LogP contribution in [0, 0.1) is 0 Å². The molecule has 0 amide bonds. The highest BCUT2D eigenvalue weighted by atomic mass is 16.3. The zero-order chi connectivity index (χ0) is 49.8. The van der Waals surface area contributed by atoms with Gasteiger partial charge in [-0.3, -0.25) is 0 Å². The highest BCUT2D eigenvalue weighted by Crippen LogP contribution is 2.48. The number of nitrogens with zero attached hydrogens (tertiary/aromatic N) is 4. The summed E-state index contributed by atoms with van der Waals surface area (Å²) in [7, 11) is 0. The van der Waals surface area contributed by atoms with Crippen LogP contribution in [0.3, 0.4) is 0 Å². The van der Waals surface area contributed by atoms with E-state index in [4.69, 9.17) is 8.83 Å². The minimum Gasteiger partial charge on any atom is -0.454 e. The van der Waals surface area contributed by atoms with Gasteiger partial charge in [0, 0.05) is 77.2 Å². The molecule has 6 nitrogen and oxygen atoms in total. The van der Waals surface area contributed by atoms with E-state index >= 15 is 0 Å². The van der Waals surface area contributed by atoms with Gasteiger partial charge in [0.1, 0.15) is 11.2 Å². The van der Waals surface area contributed by atoms with Crippen LogP contribution in [0.15, 0.2) is 276 Å². The van der Waals surface area contributed by atoms with Crippen LogP contribution in [0.2, 0.25) is 0 Å². The highest BCUT2D eigenvalue weighted by molar-refractivity contribution is 6.30. The molecular formula is C70H44N4O2. The smallest absolute Gasteiger partial charge is 0.159 e. The van der Waals surface area contributed by atoms with Crippen molar-refractivity contribution in [3.8, 4) is 11.4 Å². The highest BCUT2D eigenvalue weighted by Gasteiger charge is 2.25. The zero-order valence-corrected chi connectivity index (χ0v) is 41.0. The predicted molar refractivity (Wildman–Crippen MR) is 317 cm³/mol.